The zero-order valence-corrected chi connectivity index (χ0v) is 20.2. The molecular weight excluding hydrogens is 452 g/mol. The summed E-state index contributed by atoms with van der Waals surface area (Å²) in [5, 5.41) is 2.23. The highest BCUT2D eigenvalue weighted by atomic mass is 32.3. The summed E-state index contributed by atoms with van der Waals surface area (Å²) >= 11 is 0. The van der Waals surface area contributed by atoms with Gasteiger partial charge in [0.25, 0.3) is 0 Å². The number of aryl methyl sites for hydroxylation is 2. The summed E-state index contributed by atoms with van der Waals surface area (Å²) in [6.07, 6.45) is 5.59. The van der Waals surface area contributed by atoms with Crippen LogP contribution in [0.2, 0.25) is 0 Å². The minimum absolute atomic E-state index is 0.119. The number of aromatic nitrogens is 3. The maximum absolute atomic E-state index is 10.3. The molecule has 4 aromatic rings. The molecule has 1 aromatic carbocycles. The van der Waals surface area contributed by atoms with Crippen molar-refractivity contribution in [3.8, 4) is 0 Å². The summed E-state index contributed by atoms with van der Waals surface area (Å²) in [6.45, 7) is 4.11. The van der Waals surface area contributed by atoms with Crippen molar-refractivity contribution in [1.82, 2.24) is 14.5 Å². The highest BCUT2D eigenvalue weighted by Gasteiger charge is 2.23. The van der Waals surface area contributed by atoms with Crippen LogP contribution in [0.25, 0.3) is 21.9 Å². The van der Waals surface area contributed by atoms with Gasteiger partial charge < -0.3 is 23.3 Å². The van der Waals surface area contributed by atoms with Gasteiger partial charge in [0, 0.05) is 43.3 Å². The number of ether oxygens (including phenoxy) is 1. The molecule has 1 fully saturated rings. The van der Waals surface area contributed by atoms with Crippen LogP contribution >= 0.6 is 10.9 Å². The summed E-state index contributed by atoms with van der Waals surface area (Å²) < 4.78 is 33.9. The SMILES string of the molecule is Cc1ccc(S(O)(O)OCCOC2CCN(c3ccc4c5cnccc5n(C)c4n3)CC2)cc1. The molecule has 4 heterocycles. The van der Waals surface area contributed by atoms with Crippen LogP contribution in [0, 0.1) is 6.92 Å². The number of hydrogen-bond donors (Lipinski definition) is 2. The molecule has 0 aliphatic carbocycles. The zero-order valence-electron chi connectivity index (χ0n) is 19.4. The van der Waals surface area contributed by atoms with Gasteiger partial charge in [-0.3, -0.25) is 9.17 Å². The Kier molecular flexibility index (Phi) is 6.46. The Bertz CT molecular complexity index is 1280. The van der Waals surface area contributed by atoms with Crippen LogP contribution in [0.5, 0.6) is 0 Å². The standard InChI is InChI=1S/C25H30N4O4S/c1-18-3-5-20(6-4-18)34(30,31)33-16-15-32-19-10-13-29(14-11-19)24-8-7-21-22-17-26-12-9-23(22)28(2)25(21)27-24/h3-9,12,17,19,30-31H,10-11,13-16H2,1-2H3. The monoisotopic (exact) mass is 482 g/mol. The number of nitrogens with zero attached hydrogens (tertiary/aromatic N) is 4. The maximum Gasteiger partial charge on any atom is 0.143 e. The lowest BCUT2D eigenvalue weighted by molar-refractivity contribution is 0.0190. The molecule has 1 aliphatic rings. The molecule has 180 valence electrons. The van der Waals surface area contributed by atoms with Crippen LogP contribution in [-0.2, 0) is 16.0 Å². The van der Waals surface area contributed by atoms with Gasteiger partial charge in [0.2, 0.25) is 0 Å². The summed E-state index contributed by atoms with van der Waals surface area (Å²) in [7, 11) is -1.22. The van der Waals surface area contributed by atoms with E-state index >= 15 is 0 Å². The molecule has 3 aromatic heterocycles. The second-order valence-corrected chi connectivity index (χ2v) is 10.4. The summed E-state index contributed by atoms with van der Waals surface area (Å²) in [4.78, 5) is 11.9. The third-order valence-electron chi connectivity index (χ3n) is 6.41. The molecule has 0 radical (unpaired) electrons. The lowest BCUT2D eigenvalue weighted by Gasteiger charge is -2.33. The van der Waals surface area contributed by atoms with E-state index in [1.807, 2.05) is 44.6 Å². The van der Waals surface area contributed by atoms with Crippen LogP contribution in [-0.4, -0.2) is 56.0 Å². The Morgan fingerprint density at radius 2 is 1.76 bits per heavy atom. The minimum atomic E-state index is -3.26. The van der Waals surface area contributed by atoms with Crippen LogP contribution < -0.4 is 4.90 Å². The number of rotatable bonds is 7. The second-order valence-electron chi connectivity index (χ2n) is 8.68. The average Bonchev–Trinajstić information content (AvgIpc) is 3.14. The van der Waals surface area contributed by atoms with Gasteiger partial charge in [-0.15, -0.1) is 0 Å². The van der Waals surface area contributed by atoms with Gasteiger partial charge in [0.1, 0.15) is 22.3 Å². The van der Waals surface area contributed by atoms with Gasteiger partial charge in [0.15, 0.2) is 0 Å². The van der Waals surface area contributed by atoms with E-state index in [0.29, 0.717) is 11.5 Å². The summed E-state index contributed by atoms with van der Waals surface area (Å²) in [5.41, 5.74) is 3.14. The topological polar surface area (TPSA) is 92.9 Å². The van der Waals surface area contributed by atoms with E-state index in [1.54, 1.807) is 12.1 Å². The van der Waals surface area contributed by atoms with E-state index in [2.05, 4.69) is 26.6 Å². The Morgan fingerprint density at radius 3 is 2.53 bits per heavy atom. The molecule has 0 atom stereocenters. The highest BCUT2D eigenvalue weighted by molar-refractivity contribution is 8.20. The minimum Gasteiger partial charge on any atom is -0.376 e. The van der Waals surface area contributed by atoms with E-state index < -0.39 is 10.9 Å². The first-order valence-corrected chi connectivity index (χ1v) is 12.9. The Balaban J connectivity index is 1.13. The van der Waals surface area contributed by atoms with E-state index in [4.69, 9.17) is 13.9 Å². The smallest absolute Gasteiger partial charge is 0.143 e. The lowest BCUT2D eigenvalue weighted by atomic mass is 10.1. The Labute approximate surface area is 200 Å². The molecule has 5 rings (SSSR count). The number of hydrogen-bond acceptors (Lipinski definition) is 7. The van der Waals surface area contributed by atoms with Crippen molar-refractivity contribution in [2.45, 2.75) is 30.8 Å². The molecule has 0 unspecified atom stereocenters. The first-order valence-electron chi connectivity index (χ1n) is 11.5. The number of fused-ring (bicyclic) bond motifs is 3. The van der Waals surface area contributed by atoms with Crippen molar-refractivity contribution in [3.63, 3.8) is 0 Å². The third kappa shape index (κ3) is 4.62. The Hall–Kier alpha value is -2.69. The van der Waals surface area contributed by atoms with Crippen molar-refractivity contribution in [1.29, 1.82) is 0 Å². The molecule has 0 saturated carbocycles. The average molecular weight is 483 g/mol. The van der Waals surface area contributed by atoms with E-state index in [9.17, 15) is 9.11 Å². The fraction of sp³-hybridized carbons (Fsp3) is 0.360. The lowest BCUT2D eigenvalue weighted by Crippen LogP contribution is -2.37. The molecule has 1 aliphatic heterocycles. The highest BCUT2D eigenvalue weighted by Crippen LogP contribution is 2.48. The van der Waals surface area contributed by atoms with Crippen molar-refractivity contribution >= 4 is 38.6 Å². The number of anilines is 1. The van der Waals surface area contributed by atoms with Crippen molar-refractivity contribution in [3.05, 3.63) is 60.4 Å². The fourth-order valence-electron chi connectivity index (χ4n) is 4.48. The molecular formula is C25H30N4O4S. The molecule has 34 heavy (non-hydrogen) atoms. The van der Waals surface area contributed by atoms with E-state index in [-0.39, 0.29) is 12.7 Å². The summed E-state index contributed by atoms with van der Waals surface area (Å²) in [6, 6.07) is 13.3. The molecule has 2 N–H and O–H groups in total. The summed E-state index contributed by atoms with van der Waals surface area (Å²) in [5.74, 6) is 0.972. The normalized spacial score (nSPS) is 15.9. The quantitative estimate of drug-likeness (QED) is 0.352. The molecule has 0 amide bonds. The van der Waals surface area contributed by atoms with Gasteiger partial charge in [-0.05, 0) is 50.1 Å². The van der Waals surface area contributed by atoms with Crippen LogP contribution in [0.3, 0.4) is 0 Å². The Morgan fingerprint density at radius 1 is 1.00 bits per heavy atom. The predicted octanol–water partition coefficient (Wildman–Crippen LogP) is 5.16. The molecule has 9 heteroatoms. The van der Waals surface area contributed by atoms with E-state index in [0.717, 1.165) is 59.2 Å². The van der Waals surface area contributed by atoms with Crippen LogP contribution in [0.4, 0.5) is 5.82 Å². The third-order valence-corrected chi connectivity index (χ3v) is 7.79. The van der Waals surface area contributed by atoms with Gasteiger partial charge in [-0.1, -0.05) is 17.7 Å². The van der Waals surface area contributed by atoms with Gasteiger partial charge in [-0.25, -0.2) is 4.98 Å². The van der Waals surface area contributed by atoms with Gasteiger partial charge >= 0.3 is 0 Å². The van der Waals surface area contributed by atoms with Gasteiger partial charge in [0.05, 0.1) is 29.7 Å². The molecule has 0 spiro atoms. The van der Waals surface area contributed by atoms with Crippen LogP contribution in [0.1, 0.15) is 18.4 Å². The number of piperidine rings is 1. The van der Waals surface area contributed by atoms with Crippen molar-refractivity contribution < 1.29 is 18.0 Å². The van der Waals surface area contributed by atoms with Crippen molar-refractivity contribution in [2.24, 2.45) is 7.05 Å². The van der Waals surface area contributed by atoms with Crippen LogP contribution in [0.15, 0.2) is 59.8 Å². The zero-order chi connectivity index (χ0) is 23.7. The number of pyridine rings is 2. The van der Waals surface area contributed by atoms with Crippen molar-refractivity contribution in [2.75, 3.05) is 31.2 Å². The predicted molar refractivity (Wildman–Crippen MR) is 135 cm³/mol. The maximum atomic E-state index is 10.3. The number of benzene rings is 1. The molecule has 8 nitrogen and oxygen atoms in total. The second kappa shape index (κ2) is 9.52. The van der Waals surface area contributed by atoms with Gasteiger partial charge in [-0.2, -0.15) is 0 Å². The molecule has 1 saturated heterocycles. The first-order chi connectivity index (χ1) is 16.4. The first kappa shape index (κ1) is 23.1. The largest absolute Gasteiger partial charge is 0.376 e. The molecule has 0 bridgehead atoms. The van der Waals surface area contributed by atoms with E-state index in [1.165, 1.54) is 0 Å². The fourth-order valence-corrected chi connectivity index (χ4v) is 5.41.